The van der Waals surface area contributed by atoms with Crippen molar-refractivity contribution < 1.29 is 0 Å². The van der Waals surface area contributed by atoms with E-state index < -0.39 is 0 Å². The molecular weight excluding hydrogens is 314 g/mol. The summed E-state index contributed by atoms with van der Waals surface area (Å²) in [5.74, 6) is 0. The Morgan fingerprint density at radius 1 is 0.923 bits per heavy atom. The smallest absolute Gasteiger partial charge is 0.0618 e. The van der Waals surface area contributed by atoms with Crippen molar-refractivity contribution in [3.63, 3.8) is 0 Å². The molecule has 0 unspecified atom stereocenters. The summed E-state index contributed by atoms with van der Waals surface area (Å²) in [6.07, 6.45) is 9.17. The molecule has 0 fully saturated rings. The van der Waals surface area contributed by atoms with Crippen molar-refractivity contribution in [2.45, 2.75) is 13.8 Å². The van der Waals surface area contributed by atoms with Crippen LogP contribution >= 0.6 is 0 Å². The quantitative estimate of drug-likeness (QED) is 0.421. The second-order valence-corrected chi connectivity index (χ2v) is 5.95. The van der Waals surface area contributed by atoms with Gasteiger partial charge in [-0.15, -0.1) is 0 Å². The van der Waals surface area contributed by atoms with E-state index in [0.29, 0.717) is 5.71 Å². The van der Waals surface area contributed by atoms with Crippen molar-refractivity contribution >= 4 is 16.9 Å². The Kier molecular flexibility index (Phi) is 6.87. The van der Waals surface area contributed by atoms with Crippen LogP contribution < -0.4 is 0 Å². The minimum absolute atomic E-state index is 0.409. The molecule has 0 spiro atoms. The third kappa shape index (κ3) is 4.67. The van der Waals surface area contributed by atoms with Crippen molar-refractivity contribution in [1.29, 1.82) is 5.41 Å². The maximum Gasteiger partial charge on any atom is 0.0618 e. The number of hydrogen-bond acceptors (Lipinski definition) is 1. The van der Waals surface area contributed by atoms with Gasteiger partial charge in [-0.05, 0) is 59.4 Å². The lowest BCUT2D eigenvalue weighted by atomic mass is 9.93. The minimum Gasteiger partial charge on any atom is -0.300 e. The average Bonchev–Trinajstić information content (AvgIpc) is 2.70. The van der Waals surface area contributed by atoms with Crippen LogP contribution in [0.15, 0.2) is 104 Å². The van der Waals surface area contributed by atoms with Gasteiger partial charge in [-0.25, -0.2) is 0 Å². The fourth-order valence-electron chi connectivity index (χ4n) is 2.67. The summed E-state index contributed by atoms with van der Waals surface area (Å²) in [6.45, 7) is 11.7. The summed E-state index contributed by atoms with van der Waals surface area (Å²) >= 11 is 0. The maximum absolute atomic E-state index is 8.48. The highest BCUT2D eigenvalue weighted by Gasteiger charge is 2.09. The van der Waals surface area contributed by atoms with Gasteiger partial charge in [0.2, 0.25) is 0 Å². The number of hydrogen-bond donors (Lipinski definition) is 1. The molecule has 1 N–H and O–H groups in total. The van der Waals surface area contributed by atoms with E-state index in [1.807, 2.05) is 31.2 Å². The van der Waals surface area contributed by atoms with Gasteiger partial charge >= 0.3 is 0 Å². The van der Waals surface area contributed by atoms with Crippen LogP contribution in [0.5, 0.6) is 0 Å². The van der Waals surface area contributed by atoms with Crippen molar-refractivity contribution in [3.05, 3.63) is 120 Å². The first kappa shape index (κ1) is 19.1. The molecule has 0 aliphatic heterocycles. The van der Waals surface area contributed by atoms with Gasteiger partial charge in [-0.1, -0.05) is 86.0 Å². The molecular formula is C25H25N. The highest BCUT2D eigenvalue weighted by molar-refractivity contribution is 6.13. The summed E-state index contributed by atoms with van der Waals surface area (Å²) in [5, 5.41) is 8.48. The first-order valence-corrected chi connectivity index (χ1v) is 8.65. The van der Waals surface area contributed by atoms with Crippen molar-refractivity contribution in [3.8, 4) is 0 Å². The molecule has 130 valence electrons. The molecule has 0 amide bonds. The lowest BCUT2D eigenvalue weighted by Gasteiger charge is -2.12. The van der Waals surface area contributed by atoms with Gasteiger partial charge in [0.25, 0.3) is 0 Å². The van der Waals surface area contributed by atoms with E-state index in [1.54, 1.807) is 18.2 Å². The molecule has 0 heterocycles. The summed E-state index contributed by atoms with van der Waals surface area (Å²) in [7, 11) is 0. The van der Waals surface area contributed by atoms with Gasteiger partial charge < -0.3 is 5.41 Å². The van der Waals surface area contributed by atoms with Crippen molar-refractivity contribution in [1.82, 2.24) is 0 Å². The molecule has 1 nitrogen and oxygen atoms in total. The van der Waals surface area contributed by atoms with Crippen molar-refractivity contribution in [2.24, 2.45) is 0 Å². The van der Waals surface area contributed by atoms with Crippen LogP contribution in [-0.2, 0) is 0 Å². The Balaban J connectivity index is 2.62. The largest absolute Gasteiger partial charge is 0.300 e. The number of benzene rings is 2. The molecule has 0 saturated heterocycles. The highest BCUT2D eigenvalue weighted by Crippen LogP contribution is 2.27. The maximum atomic E-state index is 8.48. The third-order valence-electron chi connectivity index (χ3n) is 4.26. The predicted octanol–water partition coefficient (Wildman–Crippen LogP) is 6.86. The van der Waals surface area contributed by atoms with Crippen LogP contribution in [0.25, 0.3) is 11.1 Å². The summed E-state index contributed by atoms with van der Waals surface area (Å²) in [4.78, 5) is 0. The summed E-state index contributed by atoms with van der Waals surface area (Å²) in [5.41, 5.74) is 6.74. The molecule has 2 rings (SSSR count). The van der Waals surface area contributed by atoms with Gasteiger partial charge in [0.05, 0.1) is 5.71 Å². The van der Waals surface area contributed by atoms with Gasteiger partial charge in [0, 0.05) is 0 Å². The molecule has 26 heavy (non-hydrogen) atoms. The topological polar surface area (TPSA) is 23.9 Å². The van der Waals surface area contributed by atoms with Crippen LogP contribution in [0.3, 0.4) is 0 Å². The van der Waals surface area contributed by atoms with Crippen molar-refractivity contribution in [2.75, 3.05) is 0 Å². The SMILES string of the molecule is C=C/C=C(\C=C)C(=N)/C=C(\c1ccccc1)c1cccc(/C(C)=C/C)c1. The molecule has 2 aromatic rings. The number of nitrogens with one attached hydrogen (secondary N) is 1. The predicted molar refractivity (Wildman–Crippen MR) is 115 cm³/mol. The first-order chi connectivity index (χ1) is 12.6. The van der Waals surface area contributed by atoms with E-state index in [2.05, 4.69) is 62.6 Å². The van der Waals surface area contributed by atoms with Crippen LogP contribution in [0.2, 0.25) is 0 Å². The third-order valence-corrected chi connectivity index (χ3v) is 4.26. The fourth-order valence-corrected chi connectivity index (χ4v) is 2.67. The van der Waals surface area contributed by atoms with E-state index in [0.717, 1.165) is 22.3 Å². The standard InChI is InChI=1S/C25H25N/c1-5-12-20(7-3)25(26)18-24(21-13-9-8-10-14-21)23-16-11-15-22(17-23)19(4)6-2/h5-18,26H,1,3H2,2,4H3/b19-6+,20-12+,24-18+,26-25?. The zero-order valence-corrected chi connectivity index (χ0v) is 15.5. The van der Waals surface area contributed by atoms with Gasteiger partial charge in [0.1, 0.15) is 0 Å². The normalized spacial score (nSPS) is 12.6. The molecule has 0 saturated carbocycles. The molecule has 0 radical (unpaired) electrons. The number of rotatable bonds is 7. The summed E-state index contributed by atoms with van der Waals surface area (Å²) in [6, 6.07) is 18.6. The molecule has 2 aromatic carbocycles. The average molecular weight is 339 g/mol. The first-order valence-electron chi connectivity index (χ1n) is 8.65. The van der Waals surface area contributed by atoms with Gasteiger partial charge in [-0.2, -0.15) is 0 Å². The molecule has 0 atom stereocenters. The number of allylic oxidation sites excluding steroid dienone is 7. The van der Waals surface area contributed by atoms with E-state index in [-0.39, 0.29) is 0 Å². The molecule has 0 aliphatic carbocycles. The monoisotopic (exact) mass is 339 g/mol. The molecule has 0 aliphatic rings. The van der Waals surface area contributed by atoms with E-state index in [9.17, 15) is 0 Å². The zero-order valence-electron chi connectivity index (χ0n) is 15.5. The Hall–Kier alpha value is -3.19. The van der Waals surface area contributed by atoms with Crippen LogP contribution in [0.4, 0.5) is 0 Å². The Labute approximate surface area is 156 Å². The lowest BCUT2D eigenvalue weighted by Crippen LogP contribution is -1.98. The zero-order chi connectivity index (χ0) is 18.9. The lowest BCUT2D eigenvalue weighted by molar-refractivity contribution is 1.48. The van der Waals surface area contributed by atoms with E-state index >= 15 is 0 Å². The Morgan fingerprint density at radius 2 is 1.58 bits per heavy atom. The van der Waals surface area contributed by atoms with E-state index in [4.69, 9.17) is 5.41 Å². The molecule has 0 aromatic heterocycles. The minimum atomic E-state index is 0.409. The van der Waals surface area contributed by atoms with Crippen LogP contribution in [0, 0.1) is 5.41 Å². The van der Waals surface area contributed by atoms with Crippen LogP contribution in [0.1, 0.15) is 30.5 Å². The Morgan fingerprint density at radius 3 is 2.19 bits per heavy atom. The van der Waals surface area contributed by atoms with Gasteiger partial charge in [-0.3, -0.25) is 0 Å². The molecule has 1 heteroatoms. The summed E-state index contributed by atoms with van der Waals surface area (Å²) < 4.78 is 0. The molecule has 0 bridgehead atoms. The van der Waals surface area contributed by atoms with E-state index in [1.165, 1.54) is 11.1 Å². The second-order valence-electron chi connectivity index (χ2n) is 5.95. The highest BCUT2D eigenvalue weighted by atomic mass is 14.4. The van der Waals surface area contributed by atoms with Gasteiger partial charge in [0.15, 0.2) is 0 Å². The second kappa shape index (κ2) is 9.33. The van der Waals surface area contributed by atoms with Crippen LogP contribution in [-0.4, -0.2) is 5.71 Å². The fraction of sp³-hybridized carbons (Fsp3) is 0.0800. The Bertz CT molecular complexity index is 893.